The van der Waals surface area contributed by atoms with Crippen molar-refractivity contribution in [3.63, 3.8) is 0 Å². The number of aromatic nitrogens is 1. The van der Waals surface area contributed by atoms with E-state index in [1.807, 2.05) is 48.6 Å². The van der Waals surface area contributed by atoms with Crippen LogP contribution in [0.4, 0.5) is 5.69 Å². The first kappa shape index (κ1) is 19.4. The summed E-state index contributed by atoms with van der Waals surface area (Å²) in [6, 6.07) is 14.2. The Hall–Kier alpha value is -1.62. The summed E-state index contributed by atoms with van der Waals surface area (Å²) >= 11 is 0. The van der Waals surface area contributed by atoms with Gasteiger partial charge in [0.05, 0.1) is 11.9 Å². The summed E-state index contributed by atoms with van der Waals surface area (Å²) in [5.41, 5.74) is 6.00. The van der Waals surface area contributed by atoms with E-state index in [9.17, 15) is 0 Å². The van der Waals surface area contributed by atoms with Gasteiger partial charge in [-0.25, -0.2) is 0 Å². The lowest BCUT2D eigenvalue weighted by atomic mass is 10.3. The van der Waals surface area contributed by atoms with Crippen molar-refractivity contribution in [1.82, 2.24) is 0 Å². The number of para-hydroxylation sites is 1. The van der Waals surface area contributed by atoms with Gasteiger partial charge < -0.3 is 30.5 Å². The Labute approximate surface area is 138 Å². The molecule has 0 bridgehead atoms. The zero-order chi connectivity index (χ0) is 13.5. The smallest absolute Gasteiger partial charge is 0.196 e. The van der Waals surface area contributed by atoms with Gasteiger partial charge in [0.25, 0.3) is 0 Å². The number of quaternary nitrogens is 1. The van der Waals surface area contributed by atoms with Crippen molar-refractivity contribution in [2.45, 2.75) is 6.54 Å². The normalized spacial score (nSPS) is 9.81. The minimum absolute atomic E-state index is 0. The number of nitrogens with zero attached hydrogens (tertiary/aromatic N) is 3. The number of hydrogen-bond acceptors (Lipinski definition) is 2. The second-order valence-corrected chi connectivity index (χ2v) is 4.33. The van der Waals surface area contributed by atoms with E-state index in [1.165, 1.54) is 0 Å². The molecule has 1 aromatic heterocycles. The van der Waals surface area contributed by atoms with Crippen LogP contribution < -0.4 is 40.1 Å². The topological polar surface area (TPSA) is 47.1 Å². The molecule has 1 aromatic carbocycles. The van der Waals surface area contributed by atoms with Gasteiger partial charge in [0.15, 0.2) is 18.9 Å². The summed E-state index contributed by atoms with van der Waals surface area (Å²) in [7, 11) is 1.94. The minimum atomic E-state index is 0. The van der Waals surface area contributed by atoms with Crippen LogP contribution >= 0.6 is 0 Å². The van der Waals surface area contributed by atoms with Gasteiger partial charge in [0, 0.05) is 24.7 Å². The standard InChI is InChI=1S/C15H19N4.2ClH/c1-18(15-5-3-2-4-6-15)17-13-14-7-10-19(11-8-14)12-9-16;;/h2-8,10-11,13H,9,12,16H2,1H3;2*1H/q+1;;/p-1. The van der Waals surface area contributed by atoms with E-state index in [1.54, 1.807) is 0 Å². The van der Waals surface area contributed by atoms with Crippen molar-refractivity contribution in [2.24, 2.45) is 5.10 Å². The highest BCUT2D eigenvalue weighted by molar-refractivity contribution is 5.79. The maximum atomic E-state index is 4.43. The monoisotopic (exact) mass is 326 g/mol. The third-order valence-electron chi connectivity index (χ3n) is 2.84. The predicted octanol–water partition coefficient (Wildman–Crippen LogP) is -5.31. The summed E-state index contributed by atoms with van der Waals surface area (Å²) in [5, 5.41) is 6.29. The van der Waals surface area contributed by atoms with Gasteiger partial charge in [0.2, 0.25) is 0 Å². The molecule has 0 spiro atoms. The molecule has 114 valence electrons. The van der Waals surface area contributed by atoms with Gasteiger partial charge in [-0.1, -0.05) is 18.2 Å². The maximum Gasteiger partial charge on any atom is 0.196 e. The third-order valence-corrected chi connectivity index (χ3v) is 2.84. The van der Waals surface area contributed by atoms with Crippen molar-refractivity contribution in [1.29, 1.82) is 0 Å². The molecule has 0 aliphatic carbocycles. The Morgan fingerprint density at radius 2 is 1.71 bits per heavy atom. The second kappa shape index (κ2) is 10.2. The molecule has 21 heavy (non-hydrogen) atoms. The summed E-state index contributed by atoms with van der Waals surface area (Å²) < 4.78 is 2.12. The average molecular weight is 327 g/mol. The zero-order valence-corrected chi connectivity index (χ0v) is 13.5. The fourth-order valence-electron chi connectivity index (χ4n) is 1.75. The molecule has 0 radical (unpaired) electrons. The van der Waals surface area contributed by atoms with E-state index in [2.05, 4.69) is 39.9 Å². The van der Waals surface area contributed by atoms with Crippen molar-refractivity contribution < 1.29 is 35.1 Å². The fraction of sp³-hybridized carbons (Fsp3) is 0.200. The molecular weight excluding hydrogens is 307 g/mol. The molecule has 2 aromatic rings. The summed E-state index contributed by atoms with van der Waals surface area (Å²) in [6.45, 7) is 1.84. The molecule has 0 aliphatic rings. The van der Waals surface area contributed by atoms with Gasteiger partial charge in [0.1, 0.15) is 6.54 Å². The number of halogens is 2. The van der Waals surface area contributed by atoms with Crippen LogP contribution in [-0.2, 0) is 6.54 Å². The van der Waals surface area contributed by atoms with Crippen LogP contribution in [0, 0.1) is 0 Å². The number of hydrogen-bond donors (Lipinski definition) is 1. The van der Waals surface area contributed by atoms with Gasteiger partial charge in [-0.05, 0) is 12.1 Å². The molecule has 6 heteroatoms. The van der Waals surface area contributed by atoms with E-state index in [-0.39, 0.29) is 24.8 Å². The number of hydrazone groups is 1. The molecule has 4 nitrogen and oxygen atoms in total. The summed E-state index contributed by atoms with van der Waals surface area (Å²) in [6.07, 6.45) is 5.96. The minimum Gasteiger partial charge on any atom is -1.00 e. The number of benzene rings is 1. The first-order valence-corrected chi connectivity index (χ1v) is 6.41. The Bertz CT molecular complexity index is 529. The molecule has 0 atom stereocenters. The SMILES string of the molecule is CN(/N=C\c1cc[n+](CC[NH3+])cc1)c1ccccc1.[Cl-].[Cl-]. The molecule has 0 saturated heterocycles. The Balaban J connectivity index is 0.00000200. The van der Waals surface area contributed by atoms with Crippen LogP contribution in [0.1, 0.15) is 5.56 Å². The zero-order valence-electron chi connectivity index (χ0n) is 12.0. The number of rotatable bonds is 5. The van der Waals surface area contributed by atoms with E-state index in [0.717, 1.165) is 24.3 Å². The molecule has 0 aliphatic heterocycles. The van der Waals surface area contributed by atoms with Crippen molar-refractivity contribution in [3.05, 3.63) is 60.4 Å². The van der Waals surface area contributed by atoms with Gasteiger partial charge in [-0.2, -0.15) is 9.67 Å². The number of pyridine rings is 1. The van der Waals surface area contributed by atoms with Crippen LogP contribution in [0.25, 0.3) is 0 Å². The highest BCUT2D eigenvalue weighted by Crippen LogP contribution is 2.10. The predicted molar refractivity (Wildman–Crippen MR) is 76.8 cm³/mol. The maximum absolute atomic E-state index is 4.43. The Kier molecular flexibility index (Phi) is 9.37. The van der Waals surface area contributed by atoms with Crippen LogP contribution in [0.5, 0.6) is 0 Å². The van der Waals surface area contributed by atoms with Crippen LogP contribution in [0.3, 0.4) is 0 Å². The first-order valence-electron chi connectivity index (χ1n) is 6.41. The summed E-state index contributed by atoms with van der Waals surface area (Å²) in [5.74, 6) is 0. The highest BCUT2D eigenvalue weighted by Gasteiger charge is 1.99. The molecule has 0 unspecified atom stereocenters. The van der Waals surface area contributed by atoms with E-state index >= 15 is 0 Å². The Morgan fingerprint density at radius 1 is 1.10 bits per heavy atom. The highest BCUT2D eigenvalue weighted by atomic mass is 35.5. The Morgan fingerprint density at radius 3 is 2.29 bits per heavy atom. The van der Waals surface area contributed by atoms with Crippen molar-refractivity contribution >= 4 is 11.9 Å². The fourth-order valence-corrected chi connectivity index (χ4v) is 1.75. The van der Waals surface area contributed by atoms with Crippen molar-refractivity contribution in [3.8, 4) is 0 Å². The van der Waals surface area contributed by atoms with E-state index in [0.29, 0.717) is 0 Å². The molecule has 2 rings (SSSR count). The largest absolute Gasteiger partial charge is 1.00 e. The van der Waals surface area contributed by atoms with Gasteiger partial charge in [-0.15, -0.1) is 0 Å². The summed E-state index contributed by atoms with van der Waals surface area (Å²) in [4.78, 5) is 0. The molecular formula is C15H20Cl2N4. The molecule has 0 amide bonds. The second-order valence-electron chi connectivity index (χ2n) is 4.33. The molecule has 0 saturated carbocycles. The lowest BCUT2D eigenvalue weighted by molar-refractivity contribution is -0.711. The van der Waals surface area contributed by atoms with Crippen LogP contribution in [-0.4, -0.2) is 19.8 Å². The quantitative estimate of drug-likeness (QED) is 0.333. The van der Waals surface area contributed by atoms with Crippen LogP contribution in [0.15, 0.2) is 60.0 Å². The van der Waals surface area contributed by atoms with Gasteiger partial charge >= 0.3 is 0 Å². The molecule has 0 fully saturated rings. The lowest BCUT2D eigenvalue weighted by Gasteiger charge is -2.11. The van der Waals surface area contributed by atoms with E-state index < -0.39 is 0 Å². The lowest BCUT2D eigenvalue weighted by Crippen LogP contribution is -3.00. The van der Waals surface area contributed by atoms with Gasteiger partial charge in [-0.3, -0.25) is 5.01 Å². The molecule has 3 N–H and O–H groups in total. The molecule has 1 heterocycles. The first-order chi connectivity index (χ1) is 9.29. The van der Waals surface area contributed by atoms with E-state index in [4.69, 9.17) is 0 Å². The third kappa shape index (κ3) is 6.12. The van der Waals surface area contributed by atoms with Crippen molar-refractivity contribution in [2.75, 3.05) is 18.6 Å². The number of anilines is 1. The van der Waals surface area contributed by atoms with Crippen LogP contribution in [0.2, 0.25) is 0 Å². The average Bonchev–Trinajstić information content (AvgIpc) is 2.47.